The number of hydrogen-bond donors (Lipinski definition) is 1. The molecule has 2 aromatic carbocycles. The van der Waals surface area contributed by atoms with Gasteiger partial charge < -0.3 is 9.88 Å². The van der Waals surface area contributed by atoms with Crippen LogP contribution in [0.5, 0.6) is 0 Å². The third-order valence-corrected chi connectivity index (χ3v) is 5.04. The van der Waals surface area contributed by atoms with E-state index in [1.165, 1.54) is 18.6 Å². The Morgan fingerprint density at radius 1 is 0.968 bits per heavy atom. The number of hydrogen-bond acceptors (Lipinski definition) is 4. The molecule has 6 nitrogen and oxygen atoms in total. The third kappa shape index (κ3) is 4.28. The molecule has 0 spiro atoms. The number of carbonyl (C=O) groups is 2. The van der Waals surface area contributed by atoms with E-state index in [0.29, 0.717) is 22.2 Å². The molecule has 0 aliphatic rings. The lowest BCUT2D eigenvalue weighted by atomic mass is 10.0. The van der Waals surface area contributed by atoms with Crippen molar-refractivity contribution in [3.05, 3.63) is 106 Å². The van der Waals surface area contributed by atoms with Crippen molar-refractivity contribution in [3.8, 4) is 0 Å². The first-order chi connectivity index (χ1) is 14.9. The quantitative estimate of drug-likeness (QED) is 0.505. The molecule has 1 amide bonds. The van der Waals surface area contributed by atoms with E-state index in [4.69, 9.17) is 0 Å². The van der Waals surface area contributed by atoms with Crippen LogP contribution in [-0.4, -0.2) is 21.2 Å². The highest BCUT2D eigenvalue weighted by Crippen LogP contribution is 2.17. The summed E-state index contributed by atoms with van der Waals surface area (Å²) in [4.78, 5) is 42.8. The first kappa shape index (κ1) is 20.2. The third-order valence-electron chi connectivity index (χ3n) is 5.04. The van der Waals surface area contributed by atoms with Gasteiger partial charge in [-0.05, 0) is 55.8 Å². The molecule has 0 unspecified atom stereocenters. The van der Waals surface area contributed by atoms with Gasteiger partial charge in [0.05, 0.1) is 11.1 Å². The Bertz CT molecular complexity index is 1360. The minimum atomic E-state index is -0.399. The molecule has 0 aliphatic carbocycles. The molecule has 0 fully saturated rings. The van der Waals surface area contributed by atoms with Gasteiger partial charge in [-0.25, -0.2) is 0 Å². The predicted molar refractivity (Wildman–Crippen MR) is 120 cm³/mol. The summed E-state index contributed by atoms with van der Waals surface area (Å²) in [6.07, 6.45) is 4.48. The van der Waals surface area contributed by atoms with Gasteiger partial charge >= 0.3 is 0 Å². The van der Waals surface area contributed by atoms with Crippen molar-refractivity contribution in [3.63, 3.8) is 0 Å². The van der Waals surface area contributed by atoms with Gasteiger partial charge in [-0.1, -0.05) is 23.8 Å². The summed E-state index contributed by atoms with van der Waals surface area (Å²) in [5, 5.41) is 3.28. The number of nitrogens with one attached hydrogen (secondary N) is 1. The number of anilines is 1. The Morgan fingerprint density at radius 3 is 2.45 bits per heavy atom. The average Bonchev–Trinajstić information content (AvgIpc) is 2.76. The van der Waals surface area contributed by atoms with Crippen molar-refractivity contribution in [1.29, 1.82) is 0 Å². The molecule has 0 aliphatic heterocycles. The summed E-state index contributed by atoms with van der Waals surface area (Å²) in [6.45, 7) is 3.79. The zero-order valence-corrected chi connectivity index (χ0v) is 17.3. The molecule has 154 valence electrons. The number of carbonyl (C=O) groups excluding carboxylic acids is 2. The van der Waals surface area contributed by atoms with Crippen molar-refractivity contribution in [2.24, 2.45) is 0 Å². The largest absolute Gasteiger partial charge is 0.337 e. The molecular weight excluding hydrogens is 390 g/mol. The number of ketones is 1. The van der Waals surface area contributed by atoms with Crippen LogP contribution in [0.2, 0.25) is 0 Å². The number of amides is 1. The second-order valence-corrected chi connectivity index (χ2v) is 7.50. The zero-order valence-electron chi connectivity index (χ0n) is 17.3. The smallest absolute Gasteiger partial charge is 0.244 e. The number of benzene rings is 2. The monoisotopic (exact) mass is 411 g/mol. The maximum Gasteiger partial charge on any atom is 0.244 e. The lowest BCUT2D eigenvalue weighted by Gasteiger charge is -2.14. The van der Waals surface area contributed by atoms with Crippen molar-refractivity contribution in [2.45, 2.75) is 20.4 Å². The Hall–Kier alpha value is -4.06. The molecule has 0 bridgehead atoms. The molecule has 0 atom stereocenters. The molecule has 6 heteroatoms. The molecule has 2 heterocycles. The lowest BCUT2D eigenvalue weighted by Crippen LogP contribution is -2.24. The van der Waals surface area contributed by atoms with Crippen LogP contribution in [0.4, 0.5) is 5.69 Å². The van der Waals surface area contributed by atoms with Crippen LogP contribution in [0.15, 0.2) is 78.0 Å². The second-order valence-electron chi connectivity index (χ2n) is 7.50. The normalized spacial score (nSPS) is 10.8. The molecule has 31 heavy (non-hydrogen) atoms. The van der Waals surface area contributed by atoms with E-state index in [2.05, 4.69) is 10.3 Å². The highest BCUT2D eigenvalue weighted by molar-refractivity contribution is 6.10. The number of fused-ring (bicyclic) bond motifs is 1. The van der Waals surface area contributed by atoms with Crippen LogP contribution < -0.4 is 10.7 Å². The van der Waals surface area contributed by atoms with E-state index in [0.717, 1.165) is 11.1 Å². The van der Waals surface area contributed by atoms with E-state index < -0.39 is 5.78 Å². The number of rotatable bonds is 5. The molecule has 0 saturated heterocycles. The molecule has 4 rings (SSSR count). The SMILES string of the molecule is Cc1cccc(NC(=O)Cn2cc(C(=O)c3ccncc3)c(=O)c3cc(C)ccc32)c1. The standard InChI is InChI=1S/C25H21N3O3/c1-16-4-3-5-19(12-16)27-23(29)15-28-14-21(24(30)18-8-10-26-11-9-18)25(31)20-13-17(2)6-7-22(20)28/h3-14H,15H2,1-2H3,(H,27,29). The van der Waals surface area contributed by atoms with Gasteiger partial charge in [0.25, 0.3) is 0 Å². The van der Waals surface area contributed by atoms with Gasteiger partial charge in [0, 0.05) is 35.2 Å². The number of nitrogens with zero attached hydrogens (tertiary/aromatic N) is 2. The number of pyridine rings is 2. The minimum absolute atomic E-state index is 0.0210. The molecule has 1 N–H and O–H groups in total. The van der Waals surface area contributed by atoms with Crippen LogP contribution in [-0.2, 0) is 11.3 Å². The first-order valence-corrected chi connectivity index (χ1v) is 9.87. The van der Waals surface area contributed by atoms with Crippen molar-refractivity contribution in [1.82, 2.24) is 9.55 Å². The van der Waals surface area contributed by atoms with Crippen LogP contribution in [0.3, 0.4) is 0 Å². The maximum absolute atomic E-state index is 13.1. The molecule has 0 radical (unpaired) electrons. The minimum Gasteiger partial charge on any atom is -0.337 e. The highest BCUT2D eigenvalue weighted by Gasteiger charge is 2.18. The summed E-state index contributed by atoms with van der Waals surface area (Å²) in [7, 11) is 0. The van der Waals surface area contributed by atoms with Crippen LogP contribution in [0.25, 0.3) is 10.9 Å². The van der Waals surface area contributed by atoms with Gasteiger partial charge in [-0.3, -0.25) is 19.4 Å². The highest BCUT2D eigenvalue weighted by atomic mass is 16.2. The van der Waals surface area contributed by atoms with E-state index in [1.807, 2.05) is 44.2 Å². The van der Waals surface area contributed by atoms with Crippen molar-refractivity contribution >= 4 is 28.3 Å². The number of aromatic nitrogens is 2. The summed E-state index contributed by atoms with van der Waals surface area (Å²) >= 11 is 0. The molecule has 2 aromatic heterocycles. The van der Waals surface area contributed by atoms with Gasteiger partial charge in [0.1, 0.15) is 6.54 Å². The summed E-state index contributed by atoms with van der Waals surface area (Å²) in [5.74, 6) is -0.651. The van der Waals surface area contributed by atoms with E-state index >= 15 is 0 Å². The van der Waals surface area contributed by atoms with Gasteiger partial charge in [0.15, 0.2) is 5.78 Å². The van der Waals surface area contributed by atoms with E-state index in [1.54, 1.807) is 28.8 Å². The Labute approximate surface area is 179 Å². The summed E-state index contributed by atoms with van der Waals surface area (Å²) in [6, 6.07) is 16.1. The molecular formula is C25H21N3O3. The fourth-order valence-corrected chi connectivity index (χ4v) is 3.54. The Morgan fingerprint density at radius 2 is 1.71 bits per heavy atom. The van der Waals surface area contributed by atoms with E-state index in [9.17, 15) is 14.4 Å². The second kappa shape index (κ2) is 8.36. The van der Waals surface area contributed by atoms with Gasteiger partial charge in [0.2, 0.25) is 11.3 Å². The number of aryl methyl sites for hydroxylation is 2. The van der Waals surface area contributed by atoms with Gasteiger partial charge in [-0.2, -0.15) is 0 Å². The molecule has 0 saturated carbocycles. The van der Waals surface area contributed by atoms with Crippen LogP contribution in [0, 0.1) is 13.8 Å². The van der Waals surface area contributed by atoms with Crippen molar-refractivity contribution in [2.75, 3.05) is 5.32 Å². The van der Waals surface area contributed by atoms with Gasteiger partial charge in [-0.15, -0.1) is 0 Å². The summed E-state index contributed by atoms with van der Waals surface area (Å²) < 4.78 is 1.65. The summed E-state index contributed by atoms with van der Waals surface area (Å²) in [5.41, 5.74) is 3.26. The van der Waals surface area contributed by atoms with Crippen LogP contribution in [0.1, 0.15) is 27.0 Å². The lowest BCUT2D eigenvalue weighted by molar-refractivity contribution is -0.116. The first-order valence-electron chi connectivity index (χ1n) is 9.87. The Kier molecular flexibility index (Phi) is 5.45. The fraction of sp³-hybridized carbons (Fsp3) is 0.120. The predicted octanol–water partition coefficient (Wildman–Crippen LogP) is 3.88. The Balaban J connectivity index is 1.77. The maximum atomic E-state index is 13.1. The van der Waals surface area contributed by atoms with Crippen LogP contribution >= 0.6 is 0 Å². The average molecular weight is 411 g/mol. The van der Waals surface area contributed by atoms with E-state index in [-0.39, 0.29) is 23.4 Å². The van der Waals surface area contributed by atoms with Crippen molar-refractivity contribution < 1.29 is 9.59 Å². The topological polar surface area (TPSA) is 81.1 Å². The molecule has 4 aromatic rings. The zero-order chi connectivity index (χ0) is 22.0. The fourth-order valence-electron chi connectivity index (χ4n) is 3.54.